The third kappa shape index (κ3) is 6.45. The second-order valence-electron chi connectivity index (χ2n) is 7.62. The van der Waals surface area contributed by atoms with Crippen LogP contribution in [0.3, 0.4) is 0 Å². The highest BCUT2D eigenvalue weighted by Gasteiger charge is 2.12. The van der Waals surface area contributed by atoms with E-state index in [1.54, 1.807) is 0 Å². The van der Waals surface area contributed by atoms with Gasteiger partial charge in [-0.25, -0.2) is 0 Å². The predicted octanol–water partition coefficient (Wildman–Crippen LogP) is 4.86. The Bertz CT molecular complexity index is 844. The number of benzene rings is 3. The van der Waals surface area contributed by atoms with E-state index in [0.29, 0.717) is 13.2 Å². The lowest BCUT2D eigenvalue weighted by Gasteiger charge is -2.16. The van der Waals surface area contributed by atoms with Gasteiger partial charge in [0.05, 0.1) is 12.7 Å². The maximum absolute atomic E-state index is 9.77. The second kappa shape index (κ2) is 10.8. The molecule has 0 amide bonds. The van der Waals surface area contributed by atoms with Crippen LogP contribution in [0, 0.1) is 5.92 Å². The lowest BCUT2D eigenvalue weighted by Crippen LogP contribution is -2.27. The number of aryl methyl sites for hydroxylation is 1. The van der Waals surface area contributed by atoms with Gasteiger partial charge in [-0.15, -0.1) is 0 Å². The molecule has 0 aromatic heterocycles. The molecule has 0 bridgehead atoms. The number of nitrogens with two attached hydrogens (primary N) is 1. The molecule has 3 aromatic rings. The van der Waals surface area contributed by atoms with E-state index < -0.39 is 6.10 Å². The summed E-state index contributed by atoms with van der Waals surface area (Å²) in [5, 5.41) is 9.77. The smallest absolute Gasteiger partial charge is 0.119 e. The first-order valence-electron chi connectivity index (χ1n) is 10.4. The molecule has 0 spiro atoms. The fourth-order valence-electron chi connectivity index (χ4n) is 3.35. The van der Waals surface area contributed by atoms with Gasteiger partial charge in [-0.1, -0.05) is 73.7 Å². The van der Waals surface area contributed by atoms with Crippen LogP contribution in [0.5, 0.6) is 5.75 Å². The van der Waals surface area contributed by atoms with Crippen molar-refractivity contribution in [2.45, 2.75) is 32.3 Å². The van der Waals surface area contributed by atoms with Crippen molar-refractivity contribution in [3.63, 3.8) is 0 Å². The van der Waals surface area contributed by atoms with Gasteiger partial charge in [0, 0.05) is 13.0 Å². The van der Waals surface area contributed by atoms with Crippen molar-refractivity contribution in [1.82, 2.24) is 0 Å². The third-order valence-corrected chi connectivity index (χ3v) is 5.43. The van der Waals surface area contributed by atoms with E-state index >= 15 is 0 Å². The topological polar surface area (TPSA) is 55.5 Å². The van der Waals surface area contributed by atoms with E-state index in [1.165, 1.54) is 22.3 Å². The molecule has 3 N–H and O–H groups in total. The van der Waals surface area contributed by atoms with Crippen molar-refractivity contribution in [2.24, 2.45) is 11.7 Å². The van der Waals surface area contributed by atoms with E-state index in [9.17, 15) is 5.11 Å². The average Bonchev–Trinajstić information content (AvgIpc) is 2.79. The van der Waals surface area contributed by atoms with E-state index in [1.807, 2.05) is 25.1 Å². The molecule has 3 heteroatoms. The van der Waals surface area contributed by atoms with Gasteiger partial charge in [0.25, 0.3) is 0 Å². The maximum Gasteiger partial charge on any atom is 0.119 e. The number of ether oxygens (including phenoxy) is 1. The van der Waals surface area contributed by atoms with E-state index in [4.69, 9.17) is 10.5 Å². The number of aliphatic hydroxyl groups excluding tert-OH is 1. The van der Waals surface area contributed by atoms with Gasteiger partial charge in [0.2, 0.25) is 0 Å². The summed E-state index contributed by atoms with van der Waals surface area (Å²) in [4.78, 5) is 0. The number of hydrogen-bond acceptors (Lipinski definition) is 3. The first kappa shape index (κ1) is 21.1. The predicted molar refractivity (Wildman–Crippen MR) is 120 cm³/mol. The van der Waals surface area contributed by atoms with Crippen LogP contribution < -0.4 is 10.5 Å². The zero-order valence-electron chi connectivity index (χ0n) is 17.1. The molecule has 29 heavy (non-hydrogen) atoms. The normalized spacial score (nSPS) is 13.1. The Hall–Kier alpha value is -2.62. The molecule has 152 valence electrons. The van der Waals surface area contributed by atoms with Crippen LogP contribution in [0.4, 0.5) is 0 Å². The molecule has 0 aliphatic heterocycles. The van der Waals surface area contributed by atoms with Crippen LogP contribution in [0.15, 0.2) is 78.9 Å². The molecule has 2 atom stereocenters. The maximum atomic E-state index is 9.77. The highest BCUT2D eigenvalue weighted by molar-refractivity contribution is 5.63. The fraction of sp³-hybridized carbons (Fsp3) is 0.308. The highest BCUT2D eigenvalue weighted by atomic mass is 16.5. The summed E-state index contributed by atoms with van der Waals surface area (Å²) in [6.45, 7) is 3.02. The van der Waals surface area contributed by atoms with Crippen molar-refractivity contribution in [1.29, 1.82) is 0 Å². The Balaban J connectivity index is 1.43. The van der Waals surface area contributed by atoms with Gasteiger partial charge >= 0.3 is 0 Å². The van der Waals surface area contributed by atoms with Crippen molar-refractivity contribution in [3.8, 4) is 16.9 Å². The molecule has 0 aliphatic rings. The number of hydrogen-bond donors (Lipinski definition) is 2. The van der Waals surface area contributed by atoms with Gasteiger partial charge in [-0.2, -0.15) is 0 Å². The lowest BCUT2D eigenvalue weighted by molar-refractivity contribution is 0.120. The zero-order chi connectivity index (χ0) is 20.5. The molecule has 0 heterocycles. The first-order chi connectivity index (χ1) is 14.2. The summed E-state index contributed by atoms with van der Waals surface area (Å²) in [6.07, 6.45) is 2.33. The largest absolute Gasteiger partial charge is 0.493 e. The van der Waals surface area contributed by atoms with Crippen LogP contribution in [0.2, 0.25) is 0 Å². The molecule has 0 saturated heterocycles. The Labute approximate surface area is 174 Å². The summed E-state index contributed by atoms with van der Waals surface area (Å²) in [5.41, 5.74) is 10.5. The van der Waals surface area contributed by atoms with Gasteiger partial charge in [0.15, 0.2) is 0 Å². The Kier molecular flexibility index (Phi) is 7.85. The standard InChI is InChI=1S/C26H31NO2/c1-20(26(28)19-27)7-8-21-11-15-25(16-12-21)29-18-17-22-9-13-24(14-10-22)23-5-3-2-4-6-23/h2-6,9-16,20,26,28H,7-8,17-19,27H2,1H3. The van der Waals surface area contributed by atoms with Crippen LogP contribution >= 0.6 is 0 Å². The van der Waals surface area contributed by atoms with Gasteiger partial charge in [-0.3, -0.25) is 0 Å². The Morgan fingerprint density at radius 1 is 0.793 bits per heavy atom. The Morgan fingerprint density at radius 2 is 1.38 bits per heavy atom. The van der Waals surface area contributed by atoms with E-state index in [2.05, 4.69) is 60.7 Å². The summed E-state index contributed by atoms with van der Waals surface area (Å²) in [5.74, 6) is 1.11. The van der Waals surface area contributed by atoms with Crippen LogP contribution in [-0.2, 0) is 12.8 Å². The summed E-state index contributed by atoms with van der Waals surface area (Å²) in [6, 6.07) is 27.4. The van der Waals surface area contributed by atoms with Crippen molar-refractivity contribution in [3.05, 3.63) is 90.0 Å². The molecule has 3 rings (SSSR count). The molecule has 2 unspecified atom stereocenters. The quantitative estimate of drug-likeness (QED) is 0.520. The molecular formula is C26H31NO2. The molecule has 3 aromatic carbocycles. The highest BCUT2D eigenvalue weighted by Crippen LogP contribution is 2.20. The second-order valence-corrected chi connectivity index (χ2v) is 7.62. The van der Waals surface area contributed by atoms with E-state index in [0.717, 1.165) is 25.0 Å². The minimum atomic E-state index is -0.417. The van der Waals surface area contributed by atoms with Crippen LogP contribution in [-0.4, -0.2) is 24.4 Å². The SMILES string of the molecule is CC(CCc1ccc(OCCc2ccc(-c3ccccc3)cc2)cc1)C(O)CN. The van der Waals surface area contributed by atoms with Crippen molar-refractivity contribution >= 4 is 0 Å². The fourth-order valence-corrected chi connectivity index (χ4v) is 3.35. The monoisotopic (exact) mass is 389 g/mol. The molecule has 3 nitrogen and oxygen atoms in total. The summed E-state index contributed by atoms with van der Waals surface area (Å²) < 4.78 is 5.90. The zero-order valence-corrected chi connectivity index (χ0v) is 17.1. The van der Waals surface area contributed by atoms with Crippen molar-refractivity contribution in [2.75, 3.05) is 13.2 Å². The Morgan fingerprint density at radius 3 is 2.03 bits per heavy atom. The minimum absolute atomic E-state index is 0.212. The van der Waals surface area contributed by atoms with Crippen LogP contribution in [0.1, 0.15) is 24.5 Å². The van der Waals surface area contributed by atoms with E-state index in [-0.39, 0.29) is 5.92 Å². The average molecular weight is 390 g/mol. The molecule has 0 aliphatic carbocycles. The van der Waals surface area contributed by atoms with Gasteiger partial charge in [0.1, 0.15) is 5.75 Å². The van der Waals surface area contributed by atoms with Gasteiger partial charge < -0.3 is 15.6 Å². The summed E-state index contributed by atoms with van der Waals surface area (Å²) >= 11 is 0. The molecular weight excluding hydrogens is 358 g/mol. The molecule has 0 radical (unpaired) electrons. The summed E-state index contributed by atoms with van der Waals surface area (Å²) in [7, 11) is 0. The van der Waals surface area contributed by atoms with Crippen LogP contribution in [0.25, 0.3) is 11.1 Å². The van der Waals surface area contributed by atoms with Gasteiger partial charge in [-0.05, 0) is 53.1 Å². The molecule has 0 saturated carbocycles. The number of rotatable bonds is 10. The van der Waals surface area contributed by atoms with Crippen molar-refractivity contribution < 1.29 is 9.84 Å². The lowest BCUT2D eigenvalue weighted by atomic mass is 9.96. The first-order valence-corrected chi connectivity index (χ1v) is 10.4. The minimum Gasteiger partial charge on any atom is -0.493 e. The molecule has 0 fully saturated rings. The number of aliphatic hydroxyl groups is 1. The third-order valence-electron chi connectivity index (χ3n) is 5.43.